The zero-order valence-electron chi connectivity index (χ0n) is 18.7. The van der Waals surface area contributed by atoms with Crippen LogP contribution in [0.1, 0.15) is 23.2 Å². The molecule has 1 amide bonds. The van der Waals surface area contributed by atoms with Gasteiger partial charge in [0, 0.05) is 62.0 Å². The van der Waals surface area contributed by atoms with E-state index in [1.165, 1.54) is 12.1 Å². The minimum atomic E-state index is -0.526. The molecule has 0 spiro atoms. The fourth-order valence-electron chi connectivity index (χ4n) is 4.35. The molecule has 11 nitrogen and oxygen atoms in total. The van der Waals surface area contributed by atoms with Crippen molar-refractivity contribution >= 4 is 57.6 Å². The third kappa shape index (κ3) is 5.43. The van der Waals surface area contributed by atoms with Crippen molar-refractivity contribution in [2.45, 2.75) is 12.8 Å². The van der Waals surface area contributed by atoms with Crippen LogP contribution in [0.15, 0.2) is 36.4 Å². The summed E-state index contributed by atoms with van der Waals surface area (Å²) in [6, 6.07) is 9.01. The number of amides is 1. The summed E-state index contributed by atoms with van der Waals surface area (Å²) in [5.74, 6) is -0.526. The molecule has 2 aromatic carbocycles. The highest BCUT2D eigenvalue weighted by molar-refractivity contribution is 7.80. The van der Waals surface area contributed by atoms with E-state index in [1.54, 1.807) is 29.2 Å². The van der Waals surface area contributed by atoms with Crippen LogP contribution in [0.2, 0.25) is 5.02 Å². The molecule has 0 radical (unpaired) electrons. The fourth-order valence-corrected chi connectivity index (χ4v) is 4.79. The highest BCUT2D eigenvalue weighted by Crippen LogP contribution is 2.33. The summed E-state index contributed by atoms with van der Waals surface area (Å²) in [6.45, 7) is 3.28. The summed E-state index contributed by atoms with van der Waals surface area (Å²) in [6.07, 6.45) is 1.96. The van der Waals surface area contributed by atoms with Gasteiger partial charge in [-0.25, -0.2) is 0 Å². The molecule has 2 fully saturated rings. The second kappa shape index (κ2) is 10.4. The number of hydrogen-bond acceptors (Lipinski definition) is 8. The van der Waals surface area contributed by atoms with Crippen molar-refractivity contribution in [2.75, 3.05) is 49.1 Å². The Balaban J connectivity index is 1.39. The number of hydrogen-bond donors (Lipinski definition) is 1. The molecule has 13 heteroatoms. The number of carbonyl (C=O) groups excluding carboxylic acids is 1. The third-order valence-corrected chi connectivity index (χ3v) is 6.74. The van der Waals surface area contributed by atoms with Crippen LogP contribution in [-0.4, -0.2) is 65.0 Å². The molecule has 0 unspecified atom stereocenters. The summed E-state index contributed by atoms with van der Waals surface area (Å²) in [5.41, 5.74) is 0.959. The smallest absolute Gasteiger partial charge is 0.294 e. The molecule has 0 bridgehead atoms. The molecule has 0 aliphatic carbocycles. The number of nitrogens with zero attached hydrogens (tertiary/aromatic N) is 5. The maximum absolute atomic E-state index is 12.8. The van der Waals surface area contributed by atoms with Crippen molar-refractivity contribution in [2.24, 2.45) is 0 Å². The number of piperazine rings is 1. The quantitative estimate of drug-likeness (QED) is 0.359. The van der Waals surface area contributed by atoms with E-state index in [-0.39, 0.29) is 27.1 Å². The van der Waals surface area contributed by atoms with Crippen LogP contribution < -0.4 is 15.1 Å². The Labute approximate surface area is 211 Å². The van der Waals surface area contributed by atoms with Gasteiger partial charge >= 0.3 is 0 Å². The lowest BCUT2D eigenvalue weighted by atomic mass is 10.1. The Kier molecular flexibility index (Phi) is 7.31. The first-order valence-corrected chi connectivity index (χ1v) is 11.9. The first-order chi connectivity index (χ1) is 16.7. The van der Waals surface area contributed by atoms with Crippen LogP contribution in [0.5, 0.6) is 0 Å². The van der Waals surface area contributed by atoms with Gasteiger partial charge in [-0.3, -0.25) is 30.3 Å². The van der Waals surface area contributed by atoms with Crippen LogP contribution in [-0.2, 0) is 0 Å². The molecule has 2 aromatic rings. The first-order valence-electron chi connectivity index (χ1n) is 11.1. The van der Waals surface area contributed by atoms with E-state index >= 15 is 0 Å². The van der Waals surface area contributed by atoms with E-state index in [1.807, 2.05) is 9.80 Å². The zero-order chi connectivity index (χ0) is 25.1. The first kappa shape index (κ1) is 24.6. The second-order valence-electron chi connectivity index (χ2n) is 8.28. The largest absolute Gasteiger partial charge is 0.366 e. The van der Waals surface area contributed by atoms with Crippen LogP contribution in [0.25, 0.3) is 0 Å². The number of benzene rings is 2. The van der Waals surface area contributed by atoms with Gasteiger partial charge in [-0.2, -0.15) is 0 Å². The fraction of sp³-hybridized carbons (Fsp3) is 0.364. The molecular weight excluding hydrogens is 496 g/mol. The minimum absolute atomic E-state index is 0.0687. The van der Waals surface area contributed by atoms with Gasteiger partial charge in [-0.1, -0.05) is 11.6 Å². The average molecular weight is 519 g/mol. The topological polar surface area (TPSA) is 125 Å². The Morgan fingerprint density at radius 1 is 0.857 bits per heavy atom. The van der Waals surface area contributed by atoms with E-state index in [0.717, 1.165) is 25.9 Å². The summed E-state index contributed by atoms with van der Waals surface area (Å²) < 4.78 is 0. The van der Waals surface area contributed by atoms with Gasteiger partial charge in [0.15, 0.2) is 5.11 Å². The highest BCUT2D eigenvalue weighted by atomic mass is 35.5. The molecular formula is C22H23ClN6O5S. The van der Waals surface area contributed by atoms with E-state index in [4.69, 9.17) is 23.8 Å². The third-order valence-electron chi connectivity index (χ3n) is 6.14. The van der Waals surface area contributed by atoms with Crippen molar-refractivity contribution < 1.29 is 14.6 Å². The number of anilines is 2. The number of thiocarbonyl (C=S) groups is 1. The van der Waals surface area contributed by atoms with Gasteiger partial charge in [0.05, 0.1) is 9.85 Å². The van der Waals surface area contributed by atoms with E-state index < -0.39 is 15.8 Å². The Hall–Kier alpha value is -3.51. The van der Waals surface area contributed by atoms with Crippen LogP contribution >= 0.6 is 23.8 Å². The van der Waals surface area contributed by atoms with Gasteiger partial charge in [0.2, 0.25) is 0 Å². The number of halogens is 1. The molecule has 35 heavy (non-hydrogen) atoms. The number of nitro benzene ring substituents is 2. The summed E-state index contributed by atoms with van der Waals surface area (Å²) in [5, 5.41) is 26.2. The number of rotatable bonds is 5. The van der Waals surface area contributed by atoms with Crippen molar-refractivity contribution in [1.82, 2.24) is 10.2 Å². The van der Waals surface area contributed by atoms with E-state index in [0.29, 0.717) is 37.6 Å². The van der Waals surface area contributed by atoms with Crippen molar-refractivity contribution in [3.05, 3.63) is 67.2 Å². The van der Waals surface area contributed by atoms with E-state index in [2.05, 4.69) is 5.32 Å². The molecule has 1 N–H and O–H groups in total. The summed E-state index contributed by atoms with van der Waals surface area (Å²) >= 11 is 11.3. The van der Waals surface area contributed by atoms with Crippen molar-refractivity contribution in [1.29, 1.82) is 0 Å². The predicted octanol–water partition coefficient (Wildman–Crippen LogP) is 3.59. The molecule has 4 rings (SSSR count). The average Bonchev–Trinajstić information content (AvgIpc) is 3.38. The standard InChI is InChI=1S/C22H23ClN6O5S/c23-16-4-6-18(20(14-16)29(33)34)26-9-11-27(12-10-26)22(35)24-21(30)15-3-5-17(19(13-15)28(31)32)25-7-1-2-8-25/h3-6,13-14H,1-2,7-12H2,(H,24,30,35). The molecule has 2 saturated heterocycles. The Morgan fingerprint density at radius 2 is 1.40 bits per heavy atom. The Bertz CT molecular complexity index is 1180. The van der Waals surface area contributed by atoms with Crippen molar-refractivity contribution in [3.63, 3.8) is 0 Å². The summed E-state index contributed by atoms with van der Waals surface area (Å²) in [7, 11) is 0. The lowest BCUT2D eigenvalue weighted by Crippen LogP contribution is -2.52. The van der Waals surface area contributed by atoms with Gasteiger partial charge in [-0.05, 0) is 49.3 Å². The molecule has 0 saturated carbocycles. The van der Waals surface area contributed by atoms with Gasteiger partial charge in [0.25, 0.3) is 17.3 Å². The highest BCUT2D eigenvalue weighted by Gasteiger charge is 2.27. The maximum atomic E-state index is 12.8. The second-order valence-corrected chi connectivity index (χ2v) is 9.10. The number of nitrogens with one attached hydrogen (secondary N) is 1. The molecule has 0 aromatic heterocycles. The lowest BCUT2D eigenvalue weighted by molar-refractivity contribution is -0.384. The van der Waals surface area contributed by atoms with Crippen LogP contribution in [0.4, 0.5) is 22.7 Å². The van der Waals surface area contributed by atoms with Gasteiger partial charge in [-0.15, -0.1) is 0 Å². The van der Waals surface area contributed by atoms with E-state index in [9.17, 15) is 25.0 Å². The maximum Gasteiger partial charge on any atom is 0.294 e. The monoisotopic (exact) mass is 518 g/mol. The SMILES string of the molecule is O=C(NC(=S)N1CCN(c2ccc(Cl)cc2[N+](=O)[O-])CC1)c1ccc(N2CCCC2)c([N+](=O)[O-])c1. The molecule has 0 atom stereocenters. The zero-order valence-corrected chi connectivity index (χ0v) is 20.3. The number of nitro groups is 2. The Morgan fingerprint density at radius 3 is 2.00 bits per heavy atom. The molecule has 184 valence electrons. The summed E-state index contributed by atoms with van der Waals surface area (Å²) in [4.78, 5) is 40.5. The molecule has 2 heterocycles. The molecule has 2 aliphatic heterocycles. The molecule has 2 aliphatic rings. The normalized spacial score (nSPS) is 15.7. The van der Waals surface area contributed by atoms with Crippen LogP contribution in [0, 0.1) is 20.2 Å². The predicted molar refractivity (Wildman–Crippen MR) is 136 cm³/mol. The number of carbonyl (C=O) groups is 1. The van der Waals surface area contributed by atoms with Gasteiger partial charge < -0.3 is 14.7 Å². The van der Waals surface area contributed by atoms with Crippen molar-refractivity contribution in [3.8, 4) is 0 Å². The van der Waals surface area contributed by atoms with Crippen LogP contribution in [0.3, 0.4) is 0 Å². The lowest BCUT2D eigenvalue weighted by Gasteiger charge is -2.37. The minimum Gasteiger partial charge on any atom is -0.366 e. The van der Waals surface area contributed by atoms with Gasteiger partial charge in [0.1, 0.15) is 11.4 Å².